The van der Waals surface area contributed by atoms with E-state index >= 15 is 0 Å². The molecule has 0 aliphatic carbocycles. The van der Waals surface area contributed by atoms with Crippen LogP contribution in [0.4, 0.5) is 4.39 Å². The van der Waals surface area contributed by atoms with Crippen LogP contribution >= 0.6 is 0 Å². The first-order chi connectivity index (χ1) is 17.5. The van der Waals surface area contributed by atoms with Crippen LogP contribution in [0, 0.1) is 11.7 Å². The molecule has 0 fully saturated rings. The van der Waals surface area contributed by atoms with Gasteiger partial charge in [-0.3, -0.25) is 4.79 Å². The number of rotatable bonds is 10. The average molecular weight is 507 g/mol. The Morgan fingerprint density at radius 2 is 1.57 bits per heavy atom. The van der Waals surface area contributed by atoms with Gasteiger partial charge in [-0.15, -0.1) is 0 Å². The molecule has 4 nitrogen and oxygen atoms in total. The Morgan fingerprint density at radius 1 is 0.892 bits per heavy atom. The predicted molar refractivity (Wildman–Crippen MR) is 147 cm³/mol. The van der Waals surface area contributed by atoms with Gasteiger partial charge in [-0.25, -0.2) is 4.39 Å². The maximum Gasteiger partial charge on any atom is 0.306 e. The lowest BCUT2D eigenvalue weighted by Crippen LogP contribution is -2.13. The summed E-state index contributed by atoms with van der Waals surface area (Å²) in [4.78, 5) is 11.9. The molecule has 0 bridgehead atoms. The van der Waals surface area contributed by atoms with Crippen molar-refractivity contribution < 1.29 is 23.4 Å². The third-order valence-electron chi connectivity index (χ3n) is 6.51. The first-order valence-corrected chi connectivity index (χ1v) is 12.8. The van der Waals surface area contributed by atoms with E-state index in [-0.39, 0.29) is 23.1 Å². The minimum atomic E-state index is -0.289. The number of carbonyl (C=O) groups is 1. The monoisotopic (exact) mass is 506 g/mol. The van der Waals surface area contributed by atoms with Gasteiger partial charge in [0.15, 0.2) is 0 Å². The van der Waals surface area contributed by atoms with Gasteiger partial charge >= 0.3 is 5.97 Å². The number of carbonyl (C=O) groups excluding carboxylic acids is 1. The molecule has 0 spiro atoms. The number of benzene rings is 3. The molecule has 0 radical (unpaired) electrons. The lowest BCUT2D eigenvalue weighted by atomic mass is 9.81. The smallest absolute Gasteiger partial charge is 0.306 e. The number of esters is 1. The maximum absolute atomic E-state index is 14.9. The Bertz CT molecular complexity index is 1190. The van der Waals surface area contributed by atoms with Gasteiger partial charge in [0, 0.05) is 5.56 Å². The Hall–Kier alpha value is -3.34. The van der Waals surface area contributed by atoms with Gasteiger partial charge < -0.3 is 14.2 Å². The Labute approximate surface area is 220 Å². The molecule has 0 N–H and O–H groups in total. The molecule has 0 heterocycles. The van der Waals surface area contributed by atoms with Crippen molar-refractivity contribution in [2.75, 3.05) is 14.2 Å². The molecule has 1 atom stereocenters. The molecule has 0 aromatic heterocycles. The van der Waals surface area contributed by atoms with E-state index in [0.717, 1.165) is 34.4 Å². The molecule has 0 aliphatic heterocycles. The van der Waals surface area contributed by atoms with Gasteiger partial charge in [0.05, 0.1) is 20.6 Å². The fraction of sp³-hybridized carbons (Fsp3) is 0.406. The number of halogens is 1. The highest BCUT2D eigenvalue weighted by Crippen LogP contribution is 2.37. The summed E-state index contributed by atoms with van der Waals surface area (Å²) in [6.45, 7) is 11.0. The summed E-state index contributed by atoms with van der Waals surface area (Å²) in [5.41, 5.74) is 4.26. The van der Waals surface area contributed by atoms with E-state index in [9.17, 15) is 9.18 Å². The van der Waals surface area contributed by atoms with Crippen LogP contribution in [0.25, 0.3) is 11.1 Å². The number of methoxy groups -OCH3 is 2. The summed E-state index contributed by atoms with van der Waals surface area (Å²) in [5.74, 6) is 1.42. The van der Waals surface area contributed by atoms with E-state index < -0.39 is 0 Å². The Balaban J connectivity index is 1.83. The van der Waals surface area contributed by atoms with Gasteiger partial charge in [0.1, 0.15) is 23.9 Å². The molecule has 3 aromatic rings. The Morgan fingerprint density at radius 3 is 2.16 bits per heavy atom. The Kier molecular flexibility index (Phi) is 9.36. The number of ether oxygens (including phenoxy) is 3. The standard InChI is InChI=1S/C32H39FO4/c1-21(2)16-24(18-31(34)36-7)23-9-11-25(12-10-23)37-20-22-8-14-29(32(3,4)5)27(17-22)28-19-26(35-6)13-15-30(28)33/h8-15,17,19,21,24H,16,18,20H2,1-7H3/t24-/m1/s1. The molecular formula is C32H39FO4. The van der Waals surface area contributed by atoms with E-state index in [1.54, 1.807) is 19.2 Å². The van der Waals surface area contributed by atoms with Crippen LogP contribution in [0.3, 0.4) is 0 Å². The molecule has 5 heteroatoms. The first kappa shape index (κ1) is 28.2. The molecule has 37 heavy (non-hydrogen) atoms. The highest BCUT2D eigenvalue weighted by molar-refractivity contribution is 5.72. The fourth-order valence-corrected chi connectivity index (χ4v) is 4.59. The van der Waals surface area contributed by atoms with E-state index in [2.05, 4.69) is 40.7 Å². The van der Waals surface area contributed by atoms with Crippen LogP contribution in [0.2, 0.25) is 0 Å². The molecular weight excluding hydrogens is 467 g/mol. The van der Waals surface area contributed by atoms with Crippen LogP contribution in [-0.2, 0) is 21.6 Å². The first-order valence-electron chi connectivity index (χ1n) is 12.8. The highest BCUT2D eigenvalue weighted by Gasteiger charge is 2.22. The molecule has 0 saturated heterocycles. The zero-order valence-corrected chi connectivity index (χ0v) is 23.1. The van der Waals surface area contributed by atoms with Crippen molar-refractivity contribution in [3.05, 3.63) is 83.2 Å². The summed E-state index contributed by atoms with van der Waals surface area (Å²) in [7, 11) is 3.01. The van der Waals surface area contributed by atoms with Gasteiger partial charge in [0.2, 0.25) is 0 Å². The topological polar surface area (TPSA) is 44.8 Å². The van der Waals surface area contributed by atoms with Crippen molar-refractivity contribution in [2.45, 2.75) is 65.4 Å². The second-order valence-electron chi connectivity index (χ2n) is 10.9. The summed E-state index contributed by atoms with van der Waals surface area (Å²) < 4.78 is 31.2. The summed E-state index contributed by atoms with van der Waals surface area (Å²) >= 11 is 0. The molecule has 0 aliphatic rings. The lowest BCUT2D eigenvalue weighted by molar-refractivity contribution is -0.141. The molecule has 0 unspecified atom stereocenters. The zero-order valence-electron chi connectivity index (χ0n) is 23.1. The van der Waals surface area contributed by atoms with E-state index in [1.807, 2.05) is 36.4 Å². The SMILES string of the molecule is COC(=O)C[C@@H](CC(C)C)c1ccc(OCc2ccc(C(C)(C)C)c(-c3cc(OC)ccc3F)c2)cc1. The van der Waals surface area contributed by atoms with Crippen molar-refractivity contribution in [3.63, 3.8) is 0 Å². The van der Waals surface area contributed by atoms with E-state index in [1.165, 1.54) is 13.2 Å². The summed E-state index contributed by atoms with van der Waals surface area (Å²) in [6, 6.07) is 18.8. The van der Waals surface area contributed by atoms with Crippen LogP contribution < -0.4 is 9.47 Å². The van der Waals surface area contributed by atoms with Gasteiger partial charge in [-0.05, 0) is 82.3 Å². The summed E-state index contributed by atoms with van der Waals surface area (Å²) in [5, 5.41) is 0. The van der Waals surface area contributed by atoms with Crippen molar-refractivity contribution in [1.82, 2.24) is 0 Å². The predicted octanol–water partition coefficient (Wildman–Crippen LogP) is 8.07. The second-order valence-corrected chi connectivity index (χ2v) is 10.9. The number of hydrogen-bond donors (Lipinski definition) is 0. The average Bonchev–Trinajstić information content (AvgIpc) is 2.86. The fourth-order valence-electron chi connectivity index (χ4n) is 4.59. The zero-order chi connectivity index (χ0) is 27.2. The summed E-state index contributed by atoms with van der Waals surface area (Å²) in [6.07, 6.45) is 1.26. The normalized spacial score (nSPS) is 12.4. The van der Waals surface area contributed by atoms with Crippen molar-refractivity contribution >= 4 is 5.97 Å². The van der Waals surface area contributed by atoms with Crippen LogP contribution in [-0.4, -0.2) is 20.2 Å². The van der Waals surface area contributed by atoms with Gasteiger partial charge in [-0.1, -0.05) is 58.9 Å². The van der Waals surface area contributed by atoms with Crippen molar-refractivity contribution in [3.8, 4) is 22.6 Å². The molecule has 0 saturated carbocycles. The van der Waals surface area contributed by atoms with Crippen LogP contribution in [0.5, 0.6) is 11.5 Å². The lowest BCUT2D eigenvalue weighted by Gasteiger charge is -2.24. The van der Waals surface area contributed by atoms with Gasteiger partial charge in [0.25, 0.3) is 0 Å². The third-order valence-corrected chi connectivity index (χ3v) is 6.51. The highest BCUT2D eigenvalue weighted by atomic mass is 19.1. The van der Waals surface area contributed by atoms with E-state index in [4.69, 9.17) is 14.2 Å². The molecule has 0 amide bonds. The minimum absolute atomic E-state index is 0.103. The van der Waals surface area contributed by atoms with Crippen LogP contribution in [0.15, 0.2) is 60.7 Å². The van der Waals surface area contributed by atoms with Crippen molar-refractivity contribution in [1.29, 1.82) is 0 Å². The quantitative estimate of drug-likeness (QED) is 0.261. The maximum atomic E-state index is 14.9. The van der Waals surface area contributed by atoms with Gasteiger partial charge in [-0.2, -0.15) is 0 Å². The third kappa shape index (κ3) is 7.58. The number of hydrogen-bond acceptors (Lipinski definition) is 4. The minimum Gasteiger partial charge on any atom is -0.497 e. The van der Waals surface area contributed by atoms with Crippen LogP contribution in [0.1, 0.15) is 70.1 Å². The molecule has 3 rings (SSSR count). The largest absolute Gasteiger partial charge is 0.497 e. The van der Waals surface area contributed by atoms with Crippen molar-refractivity contribution in [2.24, 2.45) is 5.92 Å². The second kappa shape index (κ2) is 12.3. The van der Waals surface area contributed by atoms with E-state index in [0.29, 0.717) is 30.3 Å². The molecule has 198 valence electrons. The molecule has 3 aromatic carbocycles.